The van der Waals surface area contributed by atoms with Crippen LogP contribution in [-0.2, 0) is 28.6 Å². The highest BCUT2D eigenvalue weighted by Gasteiger charge is 2.50. The molecule has 3 fully saturated rings. The summed E-state index contributed by atoms with van der Waals surface area (Å²) in [5.41, 5.74) is -1.96. The molecule has 0 amide bonds. The smallest absolute Gasteiger partial charge is 0.339 e. The number of hydrogen-bond donors (Lipinski definition) is 1. The predicted molar refractivity (Wildman–Crippen MR) is 112 cm³/mol. The Bertz CT molecular complexity index is 693. The van der Waals surface area contributed by atoms with Crippen molar-refractivity contribution in [3.8, 4) is 0 Å². The number of esters is 3. The molecule has 0 spiro atoms. The summed E-state index contributed by atoms with van der Waals surface area (Å²) in [5.74, 6) is -2.35. The summed E-state index contributed by atoms with van der Waals surface area (Å²) in [4.78, 5) is 40.6. The van der Waals surface area contributed by atoms with Crippen LogP contribution >= 0.6 is 0 Å². The van der Waals surface area contributed by atoms with Gasteiger partial charge in [-0.1, -0.05) is 27.7 Å². The average Bonchev–Trinajstić information content (AvgIpc) is 3.26. The van der Waals surface area contributed by atoms with Crippen LogP contribution in [0.5, 0.6) is 0 Å². The molecular weight excluding hydrogens is 402 g/mol. The van der Waals surface area contributed by atoms with Crippen LogP contribution in [0.25, 0.3) is 0 Å². The fourth-order valence-corrected chi connectivity index (χ4v) is 5.23. The Hall–Kier alpha value is -1.67. The van der Waals surface area contributed by atoms with E-state index < -0.39 is 42.1 Å². The van der Waals surface area contributed by atoms with Gasteiger partial charge in [-0.3, -0.25) is 14.5 Å². The Kier molecular flexibility index (Phi) is 7.31. The maximum absolute atomic E-state index is 13.1. The molecule has 176 valence electrons. The largest absolute Gasteiger partial charge is 0.465 e. The zero-order valence-corrected chi connectivity index (χ0v) is 19.3. The van der Waals surface area contributed by atoms with Crippen LogP contribution in [0.4, 0.5) is 0 Å². The molecule has 0 saturated carbocycles. The van der Waals surface area contributed by atoms with Crippen molar-refractivity contribution < 1.29 is 33.7 Å². The topological polar surface area (TPSA) is 102 Å². The zero-order chi connectivity index (χ0) is 22.9. The Morgan fingerprint density at radius 3 is 2.35 bits per heavy atom. The molecule has 0 bridgehead atoms. The van der Waals surface area contributed by atoms with Gasteiger partial charge in [-0.05, 0) is 38.1 Å². The minimum atomic E-state index is -1.96. The lowest BCUT2D eigenvalue weighted by atomic mass is 9.86. The molecule has 3 rings (SSSR count). The van der Waals surface area contributed by atoms with Gasteiger partial charge in [0.1, 0.15) is 12.2 Å². The van der Waals surface area contributed by atoms with E-state index in [4.69, 9.17) is 14.2 Å². The second kappa shape index (κ2) is 9.45. The molecular formula is C23H37NO7. The van der Waals surface area contributed by atoms with Gasteiger partial charge in [-0.25, -0.2) is 4.79 Å². The van der Waals surface area contributed by atoms with E-state index in [1.165, 1.54) is 0 Å². The lowest BCUT2D eigenvalue weighted by molar-refractivity contribution is -0.185. The molecule has 6 atom stereocenters. The summed E-state index contributed by atoms with van der Waals surface area (Å²) in [6.45, 7) is 11.0. The highest BCUT2D eigenvalue weighted by molar-refractivity contribution is 5.86. The highest BCUT2D eigenvalue weighted by atomic mass is 16.6. The predicted octanol–water partition coefficient (Wildman–Crippen LogP) is 1.92. The Morgan fingerprint density at radius 2 is 1.71 bits per heavy atom. The quantitative estimate of drug-likeness (QED) is 0.514. The van der Waals surface area contributed by atoms with E-state index in [0.29, 0.717) is 6.42 Å². The first-order valence-electron chi connectivity index (χ1n) is 11.6. The number of ether oxygens (including phenoxy) is 3. The van der Waals surface area contributed by atoms with E-state index in [2.05, 4.69) is 4.90 Å². The maximum atomic E-state index is 13.1. The van der Waals surface area contributed by atoms with Gasteiger partial charge in [-0.15, -0.1) is 0 Å². The van der Waals surface area contributed by atoms with Gasteiger partial charge in [0.2, 0.25) is 0 Å². The van der Waals surface area contributed by atoms with Gasteiger partial charge in [-0.2, -0.15) is 0 Å². The number of carbonyl (C=O) groups is 3. The van der Waals surface area contributed by atoms with E-state index in [1.807, 2.05) is 13.8 Å². The molecule has 6 unspecified atom stereocenters. The summed E-state index contributed by atoms with van der Waals surface area (Å²) < 4.78 is 17.0. The lowest BCUT2D eigenvalue weighted by Gasteiger charge is -2.33. The van der Waals surface area contributed by atoms with Crippen LogP contribution in [-0.4, -0.2) is 71.5 Å². The molecule has 1 N–H and O–H groups in total. The molecule has 3 heterocycles. The first kappa shape index (κ1) is 24.0. The van der Waals surface area contributed by atoms with Crippen molar-refractivity contribution in [2.24, 2.45) is 23.7 Å². The van der Waals surface area contributed by atoms with Crippen molar-refractivity contribution in [1.29, 1.82) is 0 Å². The molecule has 0 aromatic heterocycles. The first-order chi connectivity index (χ1) is 14.5. The van der Waals surface area contributed by atoms with Gasteiger partial charge >= 0.3 is 17.9 Å². The maximum Gasteiger partial charge on any atom is 0.339 e. The molecule has 3 aliphatic rings. The molecule has 3 saturated heterocycles. The number of rotatable bonds is 2. The Labute approximate surface area is 184 Å². The van der Waals surface area contributed by atoms with Gasteiger partial charge in [0.05, 0.1) is 25.5 Å². The second-order valence-corrected chi connectivity index (χ2v) is 10.1. The first-order valence-corrected chi connectivity index (χ1v) is 11.6. The lowest BCUT2D eigenvalue weighted by Crippen LogP contribution is -2.50. The molecule has 0 aromatic rings. The standard InChI is InChI=1S/C23H37NO7/c1-13(2)17-10-19(25)29-12-16-6-8-24-9-7-18(21(16)24)31-22(27)23(28,14(3)4)11-20(26)30-15(17)5/h13-18,21,28H,6-12H2,1-5H3. The van der Waals surface area contributed by atoms with Crippen LogP contribution < -0.4 is 0 Å². The molecule has 8 heteroatoms. The van der Waals surface area contributed by atoms with Gasteiger partial charge < -0.3 is 19.3 Å². The van der Waals surface area contributed by atoms with Crippen molar-refractivity contribution >= 4 is 17.9 Å². The summed E-state index contributed by atoms with van der Waals surface area (Å²) in [6.07, 6.45) is 0.248. The van der Waals surface area contributed by atoms with Crippen molar-refractivity contribution in [2.75, 3.05) is 19.7 Å². The Morgan fingerprint density at radius 1 is 1.03 bits per heavy atom. The summed E-state index contributed by atoms with van der Waals surface area (Å²) in [6, 6.07) is -0.0370. The van der Waals surface area contributed by atoms with E-state index in [0.717, 1.165) is 19.5 Å². The molecule has 31 heavy (non-hydrogen) atoms. The van der Waals surface area contributed by atoms with Gasteiger partial charge in [0.25, 0.3) is 0 Å². The van der Waals surface area contributed by atoms with Crippen molar-refractivity contribution in [2.45, 2.75) is 84.2 Å². The minimum Gasteiger partial charge on any atom is -0.465 e. The molecule has 0 aromatic carbocycles. The number of nitrogens with zero attached hydrogens (tertiary/aromatic N) is 1. The van der Waals surface area contributed by atoms with Crippen molar-refractivity contribution in [3.05, 3.63) is 0 Å². The molecule has 0 radical (unpaired) electrons. The SMILES string of the molecule is CC(C)C1CC(=O)OCC2CCN3CCC(OC(=O)C(O)(C(C)C)CC(=O)OC1C)C23. The summed E-state index contributed by atoms with van der Waals surface area (Å²) in [7, 11) is 0. The zero-order valence-electron chi connectivity index (χ0n) is 19.3. The average molecular weight is 440 g/mol. The summed E-state index contributed by atoms with van der Waals surface area (Å²) >= 11 is 0. The van der Waals surface area contributed by atoms with E-state index in [1.54, 1.807) is 20.8 Å². The van der Waals surface area contributed by atoms with Crippen LogP contribution in [0.1, 0.15) is 60.3 Å². The third kappa shape index (κ3) is 5.06. The third-order valence-corrected chi connectivity index (χ3v) is 7.39. The third-order valence-electron chi connectivity index (χ3n) is 7.39. The molecule has 8 nitrogen and oxygen atoms in total. The Balaban J connectivity index is 1.89. The van der Waals surface area contributed by atoms with Crippen LogP contribution in [0.2, 0.25) is 0 Å². The number of carbonyl (C=O) groups excluding carboxylic acids is 3. The fourth-order valence-electron chi connectivity index (χ4n) is 5.23. The number of hydrogen-bond acceptors (Lipinski definition) is 8. The number of aliphatic hydroxyl groups is 1. The van der Waals surface area contributed by atoms with Crippen LogP contribution in [0.15, 0.2) is 0 Å². The normalized spacial score (nSPS) is 38.3. The monoisotopic (exact) mass is 439 g/mol. The van der Waals surface area contributed by atoms with E-state index in [9.17, 15) is 19.5 Å². The van der Waals surface area contributed by atoms with Gasteiger partial charge in [0, 0.05) is 18.4 Å². The number of cyclic esters (lactones) is 2. The summed E-state index contributed by atoms with van der Waals surface area (Å²) in [5, 5.41) is 11.2. The van der Waals surface area contributed by atoms with E-state index in [-0.39, 0.29) is 42.8 Å². The van der Waals surface area contributed by atoms with Crippen molar-refractivity contribution in [1.82, 2.24) is 4.90 Å². The van der Waals surface area contributed by atoms with Crippen molar-refractivity contribution in [3.63, 3.8) is 0 Å². The molecule has 3 aliphatic heterocycles. The minimum absolute atomic E-state index is 0.0370. The highest BCUT2D eigenvalue weighted by Crippen LogP contribution is 2.37. The van der Waals surface area contributed by atoms with E-state index >= 15 is 0 Å². The molecule has 0 aliphatic carbocycles. The fraction of sp³-hybridized carbons (Fsp3) is 0.870. The van der Waals surface area contributed by atoms with Gasteiger partial charge in [0.15, 0.2) is 5.60 Å². The van der Waals surface area contributed by atoms with Crippen LogP contribution in [0, 0.1) is 23.7 Å². The second-order valence-electron chi connectivity index (χ2n) is 10.1. The van der Waals surface area contributed by atoms with Crippen LogP contribution in [0.3, 0.4) is 0 Å².